The zero-order valence-electron chi connectivity index (χ0n) is 9.55. The second-order valence-corrected chi connectivity index (χ2v) is 3.27. The Labute approximate surface area is 95.8 Å². The van der Waals surface area contributed by atoms with E-state index < -0.39 is 0 Å². The molecule has 0 N–H and O–H groups in total. The summed E-state index contributed by atoms with van der Waals surface area (Å²) < 4.78 is 0. The van der Waals surface area contributed by atoms with Gasteiger partial charge in [-0.05, 0) is 0 Å². The van der Waals surface area contributed by atoms with E-state index in [2.05, 4.69) is 34.6 Å². The number of hydrogen-bond donors (Lipinski definition) is 0. The summed E-state index contributed by atoms with van der Waals surface area (Å²) >= 11 is 0. The maximum absolute atomic E-state index is 3.99. The van der Waals surface area contributed by atoms with Crippen molar-refractivity contribution in [2.45, 2.75) is 59.3 Å². The van der Waals surface area contributed by atoms with Crippen molar-refractivity contribution >= 4 is 0 Å². The van der Waals surface area contributed by atoms with Gasteiger partial charge in [0.1, 0.15) is 0 Å². The fourth-order valence-corrected chi connectivity index (χ4v) is 0.697. The predicted octanol–water partition coefficient (Wildman–Crippen LogP) is 4.65. The van der Waals surface area contributed by atoms with Crippen LogP contribution in [0.3, 0.4) is 0 Å². The molecule has 0 radical (unpaired) electrons. The molecule has 13 heavy (non-hydrogen) atoms. The van der Waals surface area contributed by atoms with Crippen molar-refractivity contribution in [3.05, 3.63) is 13.8 Å². The molecule has 0 rings (SSSR count). The first-order chi connectivity index (χ1) is 5.72. The van der Waals surface area contributed by atoms with Crippen LogP contribution in [0.5, 0.6) is 0 Å². The van der Waals surface area contributed by atoms with Crippen LogP contribution in [-0.4, -0.2) is 0 Å². The van der Waals surface area contributed by atoms with Crippen LogP contribution < -0.4 is 0 Å². The quantitative estimate of drug-likeness (QED) is 0.475. The summed E-state index contributed by atoms with van der Waals surface area (Å²) in [5.74, 6) is 0.704. The SMILES string of the molecule is [CH2-]C(CC)CCCC.[CH2-]CCC.[Ni+2]. The van der Waals surface area contributed by atoms with E-state index in [4.69, 9.17) is 0 Å². The van der Waals surface area contributed by atoms with Crippen molar-refractivity contribution in [3.63, 3.8) is 0 Å². The molecule has 0 aliphatic carbocycles. The van der Waals surface area contributed by atoms with Crippen LogP contribution in [0.15, 0.2) is 0 Å². The van der Waals surface area contributed by atoms with Crippen molar-refractivity contribution in [3.8, 4) is 0 Å². The monoisotopic (exact) mass is 228 g/mol. The first-order valence-corrected chi connectivity index (χ1v) is 5.35. The summed E-state index contributed by atoms with van der Waals surface area (Å²) in [5, 5.41) is 0. The number of hydrogen-bond acceptors (Lipinski definition) is 0. The van der Waals surface area contributed by atoms with E-state index >= 15 is 0 Å². The van der Waals surface area contributed by atoms with Crippen LogP contribution in [-0.2, 0) is 16.5 Å². The second kappa shape index (κ2) is 18.3. The van der Waals surface area contributed by atoms with Gasteiger partial charge in [0.15, 0.2) is 0 Å². The maximum atomic E-state index is 3.99. The van der Waals surface area contributed by atoms with Gasteiger partial charge in [-0.15, -0.1) is 0 Å². The van der Waals surface area contributed by atoms with Gasteiger partial charge >= 0.3 is 16.5 Å². The molecule has 0 heterocycles. The molecule has 1 heteroatoms. The minimum Gasteiger partial charge on any atom is -0.343 e. The van der Waals surface area contributed by atoms with Crippen LogP contribution in [0, 0.1) is 19.8 Å². The van der Waals surface area contributed by atoms with Crippen LogP contribution >= 0.6 is 0 Å². The number of unbranched alkanes of at least 4 members (excludes halogenated alkanes) is 2. The van der Waals surface area contributed by atoms with Crippen molar-refractivity contribution in [1.29, 1.82) is 0 Å². The molecule has 0 aromatic rings. The maximum Gasteiger partial charge on any atom is 2.00 e. The molecule has 0 bridgehead atoms. The minimum absolute atomic E-state index is 0. The van der Waals surface area contributed by atoms with Crippen molar-refractivity contribution in [2.24, 2.45) is 5.92 Å². The van der Waals surface area contributed by atoms with Crippen molar-refractivity contribution < 1.29 is 16.5 Å². The molecule has 0 saturated heterocycles. The molecule has 1 atom stereocenters. The third kappa shape index (κ3) is 24.5. The smallest absolute Gasteiger partial charge is 0.343 e. The van der Waals surface area contributed by atoms with Crippen LogP contribution in [0.25, 0.3) is 0 Å². The molecule has 84 valence electrons. The van der Waals surface area contributed by atoms with Crippen molar-refractivity contribution in [1.82, 2.24) is 0 Å². The average Bonchev–Trinajstić information content (AvgIpc) is 2.14. The summed E-state index contributed by atoms with van der Waals surface area (Å²) in [6.07, 6.45) is 7.49. The Morgan fingerprint density at radius 1 is 1.08 bits per heavy atom. The second-order valence-electron chi connectivity index (χ2n) is 3.27. The Bertz CT molecular complexity index is 60.1. The molecule has 0 aliphatic heterocycles. The van der Waals surface area contributed by atoms with E-state index in [1.54, 1.807) is 0 Å². The fraction of sp³-hybridized carbons (Fsp3) is 0.833. The summed E-state index contributed by atoms with van der Waals surface area (Å²) in [6.45, 7) is 14.1. The largest absolute Gasteiger partial charge is 2.00 e. The minimum atomic E-state index is 0. The summed E-state index contributed by atoms with van der Waals surface area (Å²) in [6, 6.07) is 0. The van der Waals surface area contributed by atoms with Crippen LogP contribution in [0.4, 0.5) is 0 Å². The molecule has 0 saturated carbocycles. The summed E-state index contributed by atoms with van der Waals surface area (Å²) in [4.78, 5) is 0. The topological polar surface area (TPSA) is 0 Å². The summed E-state index contributed by atoms with van der Waals surface area (Å²) in [7, 11) is 0. The van der Waals surface area contributed by atoms with Gasteiger partial charge in [-0.2, -0.15) is 12.3 Å². The normalized spacial score (nSPS) is 10.8. The molecule has 0 nitrogen and oxygen atoms in total. The predicted molar refractivity (Wildman–Crippen MR) is 58.9 cm³/mol. The molecule has 0 aromatic heterocycles. The Balaban J connectivity index is -0.000000173. The molecule has 1 unspecified atom stereocenters. The number of rotatable bonds is 5. The van der Waals surface area contributed by atoms with E-state index in [1.165, 1.54) is 32.1 Å². The van der Waals surface area contributed by atoms with Gasteiger partial charge in [0.2, 0.25) is 0 Å². The van der Waals surface area contributed by atoms with Gasteiger partial charge in [0.05, 0.1) is 0 Å². The zero-order chi connectivity index (χ0) is 9.82. The van der Waals surface area contributed by atoms with Gasteiger partial charge < -0.3 is 13.8 Å². The average molecular weight is 229 g/mol. The Morgan fingerprint density at radius 2 is 1.54 bits per heavy atom. The van der Waals surface area contributed by atoms with E-state index in [0.29, 0.717) is 5.92 Å². The van der Waals surface area contributed by atoms with E-state index in [9.17, 15) is 0 Å². The summed E-state index contributed by atoms with van der Waals surface area (Å²) in [5.41, 5.74) is 0. The first-order valence-electron chi connectivity index (χ1n) is 5.35. The first kappa shape index (κ1) is 19.1. The molecular weight excluding hydrogens is 203 g/mol. The van der Waals surface area contributed by atoms with Gasteiger partial charge in [0, 0.05) is 0 Å². The third-order valence-electron chi connectivity index (χ3n) is 1.90. The van der Waals surface area contributed by atoms with Crippen molar-refractivity contribution in [2.75, 3.05) is 0 Å². The fourth-order valence-electron chi connectivity index (χ4n) is 0.697. The van der Waals surface area contributed by atoms with E-state index in [-0.39, 0.29) is 16.5 Å². The van der Waals surface area contributed by atoms with Gasteiger partial charge in [-0.3, -0.25) is 0 Å². The zero-order valence-corrected chi connectivity index (χ0v) is 10.5. The van der Waals surface area contributed by atoms with Gasteiger partial charge in [0.25, 0.3) is 0 Å². The molecule has 0 fully saturated rings. The standard InChI is InChI=1S/C8H17.C4H9.Ni/c1-4-6-7-8(3)5-2;1-3-4-2;/h8H,3-7H2,1-2H3;1,3-4H2,2H3;/q2*-1;+2. The molecule has 0 aliphatic rings. The van der Waals surface area contributed by atoms with E-state index in [1.807, 2.05) is 0 Å². The third-order valence-corrected chi connectivity index (χ3v) is 1.90. The van der Waals surface area contributed by atoms with Gasteiger partial charge in [-0.1, -0.05) is 52.9 Å². The Hall–Kier alpha value is 0.494. The molecule has 0 amide bonds. The van der Waals surface area contributed by atoms with Gasteiger partial charge in [-0.25, -0.2) is 0 Å². The molecular formula is C12H26Ni. The van der Waals surface area contributed by atoms with E-state index in [0.717, 1.165) is 6.42 Å². The Kier molecular flexibility index (Phi) is 26.9. The molecule has 0 aromatic carbocycles. The Morgan fingerprint density at radius 3 is 1.77 bits per heavy atom. The van der Waals surface area contributed by atoms with Crippen LogP contribution in [0.1, 0.15) is 59.3 Å². The van der Waals surface area contributed by atoms with Crippen LogP contribution in [0.2, 0.25) is 0 Å². The molecule has 0 spiro atoms.